The molecule has 0 aromatic heterocycles. The number of nitrogens with one attached hydrogen (secondary N) is 1. The normalized spacial score (nSPS) is 19.3. The molecular formula is C12H17FN2. The van der Waals surface area contributed by atoms with Gasteiger partial charge in [-0.25, -0.2) is 4.39 Å². The molecule has 1 fully saturated rings. The molecule has 0 spiro atoms. The summed E-state index contributed by atoms with van der Waals surface area (Å²) >= 11 is 0. The maximum absolute atomic E-state index is 13.1. The van der Waals surface area contributed by atoms with Crippen molar-refractivity contribution in [2.45, 2.75) is 31.7 Å². The van der Waals surface area contributed by atoms with E-state index in [-0.39, 0.29) is 11.9 Å². The second kappa shape index (κ2) is 4.73. The number of benzene rings is 1. The van der Waals surface area contributed by atoms with Gasteiger partial charge in [-0.1, -0.05) is 25.0 Å². The Balaban J connectivity index is 2.18. The third-order valence-corrected chi connectivity index (χ3v) is 3.26. The van der Waals surface area contributed by atoms with Crippen LogP contribution in [-0.2, 0) is 0 Å². The highest BCUT2D eigenvalue weighted by Crippen LogP contribution is 2.35. The molecule has 1 atom stereocenters. The minimum Gasteiger partial charge on any atom is -0.271 e. The van der Waals surface area contributed by atoms with E-state index in [0.29, 0.717) is 5.92 Å². The molecule has 2 nitrogen and oxygen atoms in total. The standard InChI is InChI=1S/C12H17FN2/c13-11-7-3-6-10(8-11)12(15-14)9-4-1-2-5-9/h3,6-9,12,15H,1-2,4-5,14H2. The molecule has 1 aromatic carbocycles. The Labute approximate surface area is 89.6 Å². The summed E-state index contributed by atoms with van der Waals surface area (Å²) in [5.74, 6) is 5.93. The van der Waals surface area contributed by atoms with Crippen molar-refractivity contribution in [1.82, 2.24) is 5.43 Å². The van der Waals surface area contributed by atoms with Crippen LogP contribution < -0.4 is 11.3 Å². The Morgan fingerprint density at radius 1 is 1.33 bits per heavy atom. The van der Waals surface area contributed by atoms with Gasteiger partial charge in [0.25, 0.3) is 0 Å². The first kappa shape index (κ1) is 10.6. The zero-order valence-corrected chi connectivity index (χ0v) is 8.75. The maximum atomic E-state index is 13.1. The van der Waals surface area contributed by atoms with Crippen LogP contribution in [0.4, 0.5) is 4.39 Å². The molecule has 1 aliphatic rings. The lowest BCUT2D eigenvalue weighted by Crippen LogP contribution is -2.32. The van der Waals surface area contributed by atoms with Crippen molar-refractivity contribution in [3.05, 3.63) is 35.6 Å². The minimum atomic E-state index is -0.189. The molecule has 1 aliphatic carbocycles. The lowest BCUT2D eigenvalue weighted by molar-refractivity contribution is 0.372. The molecule has 3 heteroatoms. The zero-order valence-electron chi connectivity index (χ0n) is 8.75. The molecule has 0 aliphatic heterocycles. The van der Waals surface area contributed by atoms with Crippen molar-refractivity contribution < 1.29 is 4.39 Å². The van der Waals surface area contributed by atoms with E-state index in [9.17, 15) is 4.39 Å². The van der Waals surface area contributed by atoms with Gasteiger partial charge >= 0.3 is 0 Å². The van der Waals surface area contributed by atoms with E-state index in [1.54, 1.807) is 12.1 Å². The van der Waals surface area contributed by atoms with Gasteiger partial charge in [-0.3, -0.25) is 11.3 Å². The highest BCUT2D eigenvalue weighted by Gasteiger charge is 2.25. The van der Waals surface area contributed by atoms with Crippen LogP contribution in [0.3, 0.4) is 0 Å². The first-order chi connectivity index (χ1) is 7.31. The Bertz CT molecular complexity index is 321. The summed E-state index contributed by atoms with van der Waals surface area (Å²) in [7, 11) is 0. The third kappa shape index (κ3) is 2.36. The molecule has 0 amide bonds. The summed E-state index contributed by atoms with van der Waals surface area (Å²) in [5, 5.41) is 0. The van der Waals surface area contributed by atoms with E-state index in [2.05, 4.69) is 5.43 Å². The van der Waals surface area contributed by atoms with Crippen LogP contribution in [0.1, 0.15) is 37.3 Å². The number of rotatable bonds is 3. The molecule has 82 valence electrons. The van der Waals surface area contributed by atoms with E-state index in [4.69, 9.17) is 5.84 Å². The minimum absolute atomic E-state index is 0.100. The summed E-state index contributed by atoms with van der Waals surface area (Å²) in [4.78, 5) is 0. The predicted molar refractivity (Wildman–Crippen MR) is 58.4 cm³/mol. The van der Waals surface area contributed by atoms with Crippen molar-refractivity contribution >= 4 is 0 Å². The summed E-state index contributed by atoms with van der Waals surface area (Å²) < 4.78 is 13.1. The molecule has 1 unspecified atom stereocenters. The fourth-order valence-corrected chi connectivity index (χ4v) is 2.50. The molecule has 1 saturated carbocycles. The van der Waals surface area contributed by atoms with Crippen LogP contribution in [0.15, 0.2) is 24.3 Å². The third-order valence-electron chi connectivity index (χ3n) is 3.26. The molecule has 15 heavy (non-hydrogen) atoms. The van der Waals surface area contributed by atoms with Crippen molar-refractivity contribution in [2.75, 3.05) is 0 Å². The second-order valence-corrected chi connectivity index (χ2v) is 4.24. The monoisotopic (exact) mass is 208 g/mol. The average Bonchev–Trinajstić information content (AvgIpc) is 2.72. The lowest BCUT2D eigenvalue weighted by atomic mass is 9.92. The van der Waals surface area contributed by atoms with Gasteiger partial charge in [-0.15, -0.1) is 0 Å². The van der Waals surface area contributed by atoms with E-state index >= 15 is 0 Å². The van der Waals surface area contributed by atoms with E-state index in [1.165, 1.54) is 31.7 Å². The summed E-state index contributed by atoms with van der Waals surface area (Å²) in [6, 6.07) is 6.81. The highest BCUT2D eigenvalue weighted by atomic mass is 19.1. The van der Waals surface area contributed by atoms with Crippen LogP contribution in [0, 0.1) is 11.7 Å². The van der Waals surface area contributed by atoms with E-state index in [0.717, 1.165) is 5.56 Å². The largest absolute Gasteiger partial charge is 0.271 e. The fraction of sp³-hybridized carbons (Fsp3) is 0.500. The van der Waals surface area contributed by atoms with Crippen molar-refractivity contribution in [3.8, 4) is 0 Å². The van der Waals surface area contributed by atoms with Crippen molar-refractivity contribution in [2.24, 2.45) is 11.8 Å². The molecule has 2 rings (SSSR count). The van der Waals surface area contributed by atoms with Gasteiger partial charge in [0.15, 0.2) is 0 Å². The topological polar surface area (TPSA) is 38.0 Å². The van der Waals surface area contributed by atoms with Crippen LogP contribution in [-0.4, -0.2) is 0 Å². The van der Waals surface area contributed by atoms with E-state index in [1.807, 2.05) is 6.07 Å². The Hall–Kier alpha value is -0.930. The Kier molecular flexibility index (Phi) is 3.34. The smallest absolute Gasteiger partial charge is 0.123 e. The first-order valence-electron chi connectivity index (χ1n) is 5.53. The average molecular weight is 208 g/mol. The van der Waals surface area contributed by atoms with Gasteiger partial charge in [0.1, 0.15) is 5.82 Å². The van der Waals surface area contributed by atoms with Crippen molar-refractivity contribution in [1.29, 1.82) is 0 Å². The Morgan fingerprint density at radius 2 is 2.07 bits per heavy atom. The molecule has 0 saturated heterocycles. The van der Waals surface area contributed by atoms with Crippen molar-refractivity contribution in [3.63, 3.8) is 0 Å². The Morgan fingerprint density at radius 3 is 2.67 bits per heavy atom. The van der Waals surface area contributed by atoms with Gasteiger partial charge in [0, 0.05) is 6.04 Å². The van der Waals surface area contributed by atoms with E-state index < -0.39 is 0 Å². The van der Waals surface area contributed by atoms with Gasteiger partial charge < -0.3 is 0 Å². The van der Waals surface area contributed by atoms with Crippen LogP contribution in [0.25, 0.3) is 0 Å². The molecular weight excluding hydrogens is 191 g/mol. The predicted octanol–water partition coefficient (Wildman–Crippen LogP) is 2.52. The van der Waals surface area contributed by atoms with Crippen LogP contribution in [0.5, 0.6) is 0 Å². The molecule has 0 bridgehead atoms. The first-order valence-corrected chi connectivity index (χ1v) is 5.53. The summed E-state index contributed by atoms with van der Waals surface area (Å²) in [5.41, 5.74) is 3.78. The number of hydrogen-bond donors (Lipinski definition) is 2. The number of nitrogens with two attached hydrogens (primary N) is 1. The fourth-order valence-electron chi connectivity index (χ4n) is 2.50. The number of hydrogen-bond acceptors (Lipinski definition) is 2. The quantitative estimate of drug-likeness (QED) is 0.591. The molecule has 0 radical (unpaired) electrons. The maximum Gasteiger partial charge on any atom is 0.123 e. The van der Waals surface area contributed by atoms with Gasteiger partial charge in [0.2, 0.25) is 0 Å². The summed E-state index contributed by atoms with van der Waals surface area (Å²) in [6.45, 7) is 0. The second-order valence-electron chi connectivity index (χ2n) is 4.24. The van der Waals surface area contributed by atoms with Gasteiger partial charge in [-0.05, 0) is 36.5 Å². The van der Waals surface area contributed by atoms with Crippen LogP contribution >= 0.6 is 0 Å². The highest BCUT2D eigenvalue weighted by molar-refractivity contribution is 5.21. The number of hydrazine groups is 1. The van der Waals surface area contributed by atoms with Crippen LogP contribution in [0.2, 0.25) is 0 Å². The molecule has 0 heterocycles. The molecule has 1 aromatic rings. The number of halogens is 1. The lowest BCUT2D eigenvalue weighted by Gasteiger charge is -2.22. The van der Waals surface area contributed by atoms with Gasteiger partial charge in [0.05, 0.1) is 0 Å². The summed E-state index contributed by atoms with van der Waals surface area (Å²) in [6.07, 6.45) is 4.90. The van der Waals surface area contributed by atoms with Gasteiger partial charge in [-0.2, -0.15) is 0 Å². The SMILES string of the molecule is NNC(c1cccc(F)c1)C1CCCC1. The zero-order chi connectivity index (χ0) is 10.7. The molecule has 3 N–H and O–H groups in total.